The number of hydrogen-bond acceptors (Lipinski definition) is 5. The summed E-state index contributed by atoms with van der Waals surface area (Å²) in [5, 5.41) is 7.03. The molecule has 0 spiro atoms. The second-order valence-electron chi connectivity index (χ2n) is 6.84. The third-order valence-corrected chi connectivity index (χ3v) is 4.86. The Morgan fingerprint density at radius 1 is 1.21 bits per heavy atom. The number of ether oxygens (including phenoxy) is 1. The van der Waals surface area contributed by atoms with Crippen LogP contribution in [0.15, 0.2) is 61.2 Å². The third kappa shape index (κ3) is 4.11. The average Bonchev–Trinajstić information content (AvgIpc) is 3.38. The Bertz CT molecular complexity index is 1000. The van der Waals surface area contributed by atoms with Crippen LogP contribution in [0.5, 0.6) is 5.75 Å². The number of carbonyl (C=O) groups excluding carboxylic acids is 2. The van der Waals surface area contributed by atoms with Gasteiger partial charge in [0, 0.05) is 18.5 Å². The number of aromatic nitrogens is 3. The highest BCUT2D eigenvalue weighted by Crippen LogP contribution is 2.31. The van der Waals surface area contributed by atoms with Gasteiger partial charge >= 0.3 is 0 Å². The Balaban J connectivity index is 1.39. The van der Waals surface area contributed by atoms with Crippen molar-refractivity contribution in [3.63, 3.8) is 0 Å². The van der Waals surface area contributed by atoms with Gasteiger partial charge in [0.1, 0.15) is 18.4 Å². The SMILES string of the molecule is COc1ccccc1N1CC(NC(=O)c2ccc(Cn3cncn3)cc2)CC1=O. The van der Waals surface area contributed by atoms with Gasteiger partial charge in [-0.1, -0.05) is 24.3 Å². The molecule has 1 fully saturated rings. The molecule has 0 aliphatic carbocycles. The Hall–Kier alpha value is -3.68. The molecule has 29 heavy (non-hydrogen) atoms. The minimum Gasteiger partial charge on any atom is -0.495 e. The molecule has 1 unspecified atom stereocenters. The normalized spacial score (nSPS) is 16.1. The van der Waals surface area contributed by atoms with Crippen LogP contribution >= 0.6 is 0 Å². The molecular formula is C21H21N5O3. The monoisotopic (exact) mass is 391 g/mol. The number of methoxy groups -OCH3 is 1. The molecule has 2 heterocycles. The lowest BCUT2D eigenvalue weighted by molar-refractivity contribution is -0.117. The minimum atomic E-state index is -0.255. The lowest BCUT2D eigenvalue weighted by Crippen LogP contribution is -2.37. The maximum absolute atomic E-state index is 12.6. The molecule has 0 radical (unpaired) electrons. The van der Waals surface area contributed by atoms with Gasteiger partial charge in [0.2, 0.25) is 5.91 Å². The number of para-hydroxylation sites is 2. The smallest absolute Gasteiger partial charge is 0.251 e. The largest absolute Gasteiger partial charge is 0.495 e. The number of amides is 2. The highest BCUT2D eigenvalue weighted by Gasteiger charge is 2.33. The van der Waals surface area contributed by atoms with Crippen molar-refractivity contribution in [2.75, 3.05) is 18.6 Å². The molecule has 3 aromatic rings. The molecule has 8 heteroatoms. The van der Waals surface area contributed by atoms with E-state index in [9.17, 15) is 9.59 Å². The summed E-state index contributed by atoms with van der Waals surface area (Å²) in [6, 6.07) is 14.4. The number of nitrogens with zero attached hydrogens (tertiary/aromatic N) is 4. The van der Waals surface area contributed by atoms with E-state index in [4.69, 9.17) is 4.74 Å². The summed E-state index contributed by atoms with van der Waals surface area (Å²) in [6.07, 6.45) is 3.39. The highest BCUT2D eigenvalue weighted by molar-refractivity contribution is 5.99. The van der Waals surface area contributed by atoms with Crippen LogP contribution in [0.25, 0.3) is 0 Å². The Kier molecular flexibility index (Phi) is 5.24. The first-order valence-corrected chi connectivity index (χ1v) is 9.29. The van der Waals surface area contributed by atoms with Crippen molar-refractivity contribution in [2.45, 2.75) is 19.0 Å². The summed E-state index contributed by atoms with van der Waals surface area (Å²) in [5.41, 5.74) is 2.29. The number of hydrogen-bond donors (Lipinski definition) is 1. The number of benzene rings is 2. The molecule has 1 aliphatic heterocycles. The van der Waals surface area contributed by atoms with Crippen LogP contribution in [-0.2, 0) is 11.3 Å². The minimum absolute atomic E-state index is 0.0389. The molecular weight excluding hydrogens is 370 g/mol. The van der Waals surface area contributed by atoms with Crippen molar-refractivity contribution >= 4 is 17.5 Å². The van der Waals surface area contributed by atoms with Crippen molar-refractivity contribution in [3.05, 3.63) is 72.3 Å². The fourth-order valence-corrected chi connectivity index (χ4v) is 3.42. The van der Waals surface area contributed by atoms with Gasteiger partial charge < -0.3 is 15.0 Å². The lowest BCUT2D eigenvalue weighted by Gasteiger charge is -2.19. The van der Waals surface area contributed by atoms with E-state index in [2.05, 4.69) is 15.4 Å². The highest BCUT2D eigenvalue weighted by atomic mass is 16.5. The molecule has 8 nitrogen and oxygen atoms in total. The molecule has 1 aromatic heterocycles. The molecule has 0 saturated carbocycles. The Labute approximate surface area is 168 Å². The van der Waals surface area contributed by atoms with E-state index >= 15 is 0 Å². The molecule has 4 rings (SSSR count). The van der Waals surface area contributed by atoms with Crippen molar-refractivity contribution in [1.29, 1.82) is 0 Å². The summed E-state index contributed by atoms with van der Waals surface area (Å²) < 4.78 is 7.06. The summed E-state index contributed by atoms with van der Waals surface area (Å²) in [7, 11) is 1.57. The predicted molar refractivity (Wildman–Crippen MR) is 107 cm³/mol. The maximum Gasteiger partial charge on any atom is 0.251 e. The van der Waals surface area contributed by atoms with E-state index in [1.54, 1.807) is 35.2 Å². The van der Waals surface area contributed by atoms with Gasteiger partial charge in [-0.25, -0.2) is 9.67 Å². The Morgan fingerprint density at radius 3 is 2.72 bits per heavy atom. The van der Waals surface area contributed by atoms with Crippen LogP contribution in [0.3, 0.4) is 0 Å². The molecule has 2 amide bonds. The van der Waals surface area contributed by atoms with Gasteiger partial charge in [0.25, 0.3) is 5.91 Å². The second kappa shape index (κ2) is 8.14. The van der Waals surface area contributed by atoms with E-state index in [1.807, 2.05) is 36.4 Å². The lowest BCUT2D eigenvalue weighted by atomic mass is 10.1. The van der Waals surface area contributed by atoms with Gasteiger partial charge in [-0.05, 0) is 29.8 Å². The molecule has 2 aromatic carbocycles. The first kappa shape index (κ1) is 18.7. The first-order chi connectivity index (χ1) is 14.1. The first-order valence-electron chi connectivity index (χ1n) is 9.29. The zero-order valence-electron chi connectivity index (χ0n) is 16.0. The molecule has 1 aliphatic rings. The summed E-state index contributed by atoms with van der Waals surface area (Å²) in [6.45, 7) is 1.00. The standard InChI is InChI=1S/C21H21N5O3/c1-29-19-5-3-2-4-18(19)26-12-17(10-20(26)27)24-21(28)16-8-6-15(7-9-16)11-25-14-22-13-23-25/h2-9,13-14,17H,10-12H2,1H3,(H,24,28). The van der Waals surface area contributed by atoms with Crippen molar-refractivity contribution < 1.29 is 14.3 Å². The van der Waals surface area contributed by atoms with Crippen LogP contribution in [0.1, 0.15) is 22.3 Å². The molecule has 1 saturated heterocycles. The number of nitrogens with one attached hydrogen (secondary N) is 1. The summed E-state index contributed by atoms with van der Waals surface area (Å²) >= 11 is 0. The van der Waals surface area contributed by atoms with Gasteiger partial charge in [0.05, 0.1) is 25.4 Å². The van der Waals surface area contributed by atoms with Crippen LogP contribution < -0.4 is 15.0 Å². The summed E-state index contributed by atoms with van der Waals surface area (Å²) in [4.78, 5) is 30.7. The number of anilines is 1. The maximum atomic E-state index is 12.6. The van der Waals surface area contributed by atoms with Crippen LogP contribution in [0.4, 0.5) is 5.69 Å². The van der Waals surface area contributed by atoms with Gasteiger partial charge in [-0.2, -0.15) is 5.10 Å². The predicted octanol–water partition coefficient (Wildman–Crippen LogP) is 1.87. The van der Waals surface area contributed by atoms with Crippen molar-refractivity contribution in [2.24, 2.45) is 0 Å². The average molecular weight is 391 g/mol. The van der Waals surface area contributed by atoms with Gasteiger partial charge in [0.15, 0.2) is 0 Å². The quantitative estimate of drug-likeness (QED) is 0.693. The van der Waals surface area contributed by atoms with Gasteiger partial charge in [-0.3, -0.25) is 9.59 Å². The Morgan fingerprint density at radius 2 is 2.00 bits per heavy atom. The summed E-state index contributed by atoms with van der Waals surface area (Å²) in [5.74, 6) is 0.399. The zero-order valence-corrected chi connectivity index (χ0v) is 16.0. The van der Waals surface area contributed by atoms with Crippen molar-refractivity contribution in [3.8, 4) is 5.75 Å². The third-order valence-electron chi connectivity index (χ3n) is 4.86. The number of carbonyl (C=O) groups is 2. The van der Waals surface area contributed by atoms with Crippen molar-refractivity contribution in [1.82, 2.24) is 20.1 Å². The van der Waals surface area contributed by atoms with Crippen LogP contribution in [0.2, 0.25) is 0 Å². The van der Waals surface area contributed by atoms with Crippen LogP contribution in [0, 0.1) is 0 Å². The van der Waals surface area contributed by atoms with E-state index < -0.39 is 0 Å². The van der Waals surface area contributed by atoms with E-state index in [0.29, 0.717) is 30.1 Å². The fourth-order valence-electron chi connectivity index (χ4n) is 3.42. The van der Waals surface area contributed by atoms with E-state index in [1.165, 1.54) is 6.33 Å². The zero-order chi connectivity index (χ0) is 20.2. The fraction of sp³-hybridized carbons (Fsp3) is 0.238. The second-order valence-corrected chi connectivity index (χ2v) is 6.84. The molecule has 1 atom stereocenters. The molecule has 1 N–H and O–H groups in total. The molecule has 148 valence electrons. The van der Waals surface area contributed by atoms with Crippen LogP contribution in [-0.4, -0.2) is 46.3 Å². The molecule has 0 bridgehead atoms. The number of rotatable bonds is 6. The topological polar surface area (TPSA) is 89.3 Å². The van der Waals surface area contributed by atoms with Gasteiger partial charge in [-0.15, -0.1) is 0 Å². The van der Waals surface area contributed by atoms with E-state index in [0.717, 1.165) is 5.56 Å². The van der Waals surface area contributed by atoms with E-state index in [-0.39, 0.29) is 24.3 Å².